The number of ether oxygens (including phenoxy) is 2. The summed E-state index contributed by atoms with van der Waals surface area (Å²) >= 11 is 0. The van der Waals surface area contributed by atoms with Crippen molar-refractivity contribution in [3.8, 4) is 0 Å². The fraction of sp³-hybridized carbons (Fsp3) is 0.368. The fourth-order valence-electron chi connectivity index (χ4n) is 2.70. The third-order valence-corrected chi connectivity index (χ3v) is 3.92. The maximum absolute atomic E-state index is 12.8. The lowest BCUT2D eigenvalue weighted by molar-refractivity contribution is -0.126. The van der Waals surface area contributed by atoms with Gasteiger partial charge in [-0.15, -0.1) is 6.58 Å². The van der Waals surface area contributed by atoms with Crippen molar-refractivity contribution in [2.24, 2.45) is 0 Å². The number of allylic oxidation sites excluding steroid dienone is 1. The minimum Gasteiger partial charge on any atom is -0.447 e. The highest BCUT2D eigenvalue weighted by molar-refractivity contribution is 6.04. The van der Waals surface area contributed by atoms with E-state index < -0.39 is 24.1 Å². The van der Waals surface area contributed by atoms with Gasteiger partial charge < -0.3 is 14.6 Å². The maximum Gasteiger partial charge on any atom is 0.417 e. The molecular weight excluding hydrogens is 322 g/mol. The Morgan fingerprint density at radius 3 is 2.84 bits per heavy atom. The molecule has 1 aromatic rings. The van der Waals surface area contributed by atoms with Crippen molar-refractivity contribution in [3.63, 3.8) is 0 Å². The molecule has 2 rings (SSSR count). The SMILES string of the molecule is C=CCOC[C@@H](O)C(=CC)C(=O)N1C(=O)OC[C@@H]1Cc1ccccc1. The normalized spacial score (nSPS) is 18.8. The molecule has 6 nitrogen and oxygen atoms in total. The summed E-state index contributed by atoms with van der Waals surface area (Å²) in [4.78, 5) is 25.9. The number of cyclic esters (lactones) is 1. The largest absolute Gasteiger partial charge is 0.447 e. The zero-order valence-corrected chi connectivity index (χ0v) is 14.3. The van der Waals surface area contributed by atoms with Crippen LogP contribution in [-0.4, -0.2) is 54.0 Å². The van der Waals surface area contributed by atoms with E-state index in [-0.39, 0.29) is 25.4 Å². The van der Waals surface area contributed by atoms with Crippen molar-refractivity contribution >= 4 is 12.0 Å². The molecule has 0 unspecified atom stereocenters. The molecule has 0 bridgehead atoms. The summed E-state index contributed by atoms with van der Waals surface area (Å²) in [5, 5.41) is 10.2. The molecule has 6 heteroatoms. The smallest absolute Gasteiger partial charge is 0.417 e. The molecule has 1 aromatic carbocycles. The van der Waals surface area contributed by atoms with Crippen LogP contribution in [0.1, 0.15) is 12.5 Å². The van der Waals surface area contributed by atoms with Crippen molar-refractivity contribution in [3.05, 3.63) is 60.2 Å². The monoisotopic (exact) mass is 345 g/mol. The first kappa shape index (κ1) is 18.9. The van der Waals surface area contributed by atoms with Crippen LogP contribution in [0.5, 0.6) is 0 Å². The van der Waals surface area contributed by atoms with Gasteiger partial charge in [-0.1, -0.05) is 42.5 Å². The van der Waals surface area contributed by atoms with Crippen LogP contribution in [0.2, 0.25) is 0 Å². The molecule has 0 saturated carbocycles. The van der Waals surface area contributed by atoms with E-state index in [1.54, 1.807) is 13.0 Å². The quantitative estimate of drug-likeness (QED) is 0.443. The van der Waals surface area contributed by atoms with Gasteiger partial charge in [0.25, 0.3) is 5.91 Å². The van der Waals surface area contributed by atoms with E-state index in [4.69, 9.17) is 9.47 Å². The second-order valence-electron chi connectivity index (χ2n) is 5.68. The number of rotatable bonds is 8. The Morgan fingerprint density at radius 1 is 1.48 bits per heavy atom. The number of imide groups is 1. The minimum absolute atomic E-state index is 0.0519. The van der Waals surface area contributed by atoms with E-state index in [9.17, 15) is 14.7 Å². The molecule has 0 aliphatic carbocycles. The van der Waals surface area contributed by atoms with Crippen LogP contribution in [-0.2, 0) is 20.7 Å². The molecule has 0 radical (unpaired) electrons. The van der Waals surface area contributed by atoms with Crippen LogP contribution in [0.15, 0.2) is 54.6 Å². The molecular formula is C19H23NO5. The number of nitrogens with zero attached hydrogens (tertiary/aromatic N) is 1. The van der Waals surface area contributed by atoms with Gasteiger partial charge in [-0.05, 0) is 18.9 Å². The van der Waals surface area contributed by atoms with Gasteiger partial charge in [0, 0.05) is 5.57 Å². The lowest BCUT2D eigenvalue weighted by Gasteiger charge is -2.23. The average molecular weight is 345 g/mol. The summed E-state index contributed by atoms with van der Waals surface area (Å²) in [5.74, 6) is -0.555. The van der Waals surface area contributed by atoms with Crippen molar-refractivity contribution in [1.82, 2.24) is 4.90 Å². The highest BCUT2D eigenvalue weighted by atomic mass is 16.6. The molecule has 0 aromatic heterocycles. The summed E-state index contributed by atoms with van der Waals surface area (Å²) in [6, 6.07) is 9.16. The second-order valence-corrected chi connectivity index (χ2v) is 5.68. The van der Waals surface area contributed by atoms with Crippen LogP contribution in [0.4, 0.5) is 4.79 Å². The number of carbonyl (C=O) groups excluding carboxylic acids is 2. The number of hydrogen-bond acceptors (Lipinski definition) is 5. The second kappa shape index (κ2) is 9.15. The third-order valence-electron chi connectivity index (χ3n) is 3.92. The van der Waals surface area contributed by atoms with Gasteiger partial charge >= 0.3 is 6.09 Å². The Hall–Kier alpha value is -2.44. The Kier molecular flexibility index (Phi) is 6.91. The van der Waals surface area contributed by atoms with Crippen molar-refractivity contribution in [1.29, 1.82) is 0 Å². The Balaban J connectivity index is 2.10. The number of hydrogen-bond donors (Lipinski definition) is 1. The van der Waals surface area contributed by atoms with Crippen molar-refractivity contribution in [2.75, 3.05) is 19.8 Å². The maximum atomic E-state index is 12.8. The zero-order chi connectivity index (χ0) is 18.2. The molecule has 134 valence electrons. The van der Waals surface area contributed by atoms with Gasteiger partial charge in [-0.25, -0.2) is 9.69 Å². The zero-order valence-electron chi connectivity index (χ0n) is 14.3. The number of amides is 2. The highest BCUT2D eigenvalue weighted by Gasteiger charge is 2.40. The lowest BCUT2D eigenvalue weighted by Crippen LogP contribution is -2.43. The number of aliphatic hydroxyl groups is 1. The lowest BCUT2D eigenvalue weighted by atomic mass is 10.0. The van der Waals surface area contributed by atoms with Gasteiger partial charge in [-0.3, -0.25) is 4.79 Å². The first-order valence-electron chi connectivity index (χ1n) is 8.15. The van der Waals surface area contributed by atoms with E-state index in [1.807, 2.05) is 30.3 Å². The third kappa shape index (κ3) is 4.78. The molecule has 0 spiro atoms. The predicted molar refractivity (Wildman–Crippen MR) is 92.9 cm³/mol. The van der Waals surface area contributed by atoms with E-state index >= 15 is 0 Å². The van der Waals surface area contributed by atoms with Gasteiger partial charge in [-0.2, -0.15) is 0 Å². The van der Waals surface area contributed by atoms with Gasteiger partial charge in [0.05, 0.1) is 19.3 Å². The van der Waals surface area contributed by atoms with Crippen LogP contribution >= 0.6 is 0 Å². The van der Waals surface area contributed by atoms with E-state index in [0.717, 1.165) is 10.5 Å². The van der Waals surface area contributed by atoms with Gasteiger partial charge in [0.2, 0.25) is 0 Å². The molecule has 1 aliphatic rings. The van der Waals surface area contributed by atoms with E-state index in [2.05, 4.69) is 6.58 Å². The molecule has 1 heterocycles. The number of aliphatic hydroxyl groups excluding tert-OH is 1. The molecule has 1 N–H and O–H groups in total. The summed E-state index contributed by atoms with van der Waals surface area (Å²) < 4.78 is 10.3. The minimum atomic E-state index is -1.12. The number of carbonyl (C=O) groups is 2. The van der Waals surface area contributed by atoms with Crippen LogP contribution in [0.25, 0.3) is 0 Å². The molecule has 2 amide bonds. The Labute approximate surface area is 147 Å². The van der Waals surface area contributed by atoms with E-state index in [0.29, 0.717) is 6.42 Å². The summed E-state index contributed by atoms with van der Waals surface area (Å²) in [5.41, 5.74) is 1.11. The van der Waals surface area contributed by atoms with Crippen LogP contribution in [0.3, 0.4) is 0 Å². The van der Waals surface area contributed by atoms with E-state index in [1.165, 1.54) is 6.08 Å². The molecule has 25 heavy (non-hydrogen) atoms. The van der Waals surface area contributed by atoms with Crippen LogP contribution < -0.4 is 0 Å². The molecule has 1 fully saturated rings. The summed E-state index contributed by atoms with van der Waals surface area (Å²) in [6.07, 6.45) is 1.73. The molecule has 1 saturated heterocycles. The van der Waals surface area contributed by atoms with Crippen LogP contribution in [0, 0.1) is 0 Å². The summed E-state index contributed by atoms with van der Waals surface area (Å²) in [6.45, 7) is 5.51. The van der Waals surface area contributed by atoms with Gasteiger partial charge in [0.15, 0.2) is 0 Å². The first-order valence-corrected chi connectivity index (χ1v) is 8.15. The highest BCUT2D eigenvalue weighted by Crippen LogP contribution is 2.21. The van der Waals surface area contributed by atoms with Crippen molar-refractivity contribution < 1.29 is 24.2 Å². The summed E-state index contributed by atoms with van der Waals surface area (Å²) in [7, 11) is 0. The predicted octanol–water partition coefficient (Wildman–Crippen LogP) is 2.09. The Morgan fingerprint density at radius 2 is 2.20 bits per heavy atom. The van der Waals surface area contributed by atoms with Gasteiger partial charge in [0.1, 0.15) is 12.7 Å². The standard InChI is InChI=1S/C19H23NO5/c1-3-10-24-13-17(21)16(4-2)18(22)20-15(12-25-19(20)23)11-14-8-6-5-7-9-14/h3-9,15,17,21H,1,10-13H2,2H3/t15-,17+/m0/s1. The Bertz CT molecular complexity index is 640. The average Bonchev–Trinajstić information content (AvgIpc) is 2.97. The topological polar surface area (TPSA) is 76.1 Å². The number of benzene rings is 1. The molecule has 2 atom stereocenters. The van der Waals surface area contributed by atoms with Crippen molar-refractivity contribution in [2.45, 2.75) is 25.5 Å². The first-order chi connectivity index (χ1) is 12.1. The molecule has 1 aliphatic heterocycles. The fourth-order valence-corrected chi connectivity index (χ4v) is 2.70.